The molecule has 122 valence electrons. The maximum Gasteiger partial charge on any atom is 0.269 e. The number of amides is 2. The fourth-order valence-electron chi connectivity index (χ4n) is 1.75. The molecule has 24 heavy (non-hydrogen) atoms. The average molecular weight is 344 g/mol. The van der Waals surface area contributed by atoms with Gasteiger partial charge in [0.15, 0.2) is 0 Å². The predicted octanol–water partition coefficient (Wildman–Crippen LogP) is 0.280. The Balaban J connectivity index is 1.99. The van der Waals surface area contributed by atoms with Gasteiger partial charge in [-0.05, 0) is 48.5 Å². The smallest absolute Gasteiger partial charge is 0.267 e. The quantitative estimate of drug-likeness (QED) is 0.686. The van der Waals surface area contributed by atoms with Gasteiger partial charge in [-0.25, -0.2) is 13.6 Å². The molecular formula is C15H12N4O4S. The summed E-state index contributed by atoms with van der Waals surface area (Å²) in [5, 5.41) is 13.6. The Labute approximate surface area is 137 Å². The summed E-state index contributed by atoms with van der Waals surface area (Å²) in [4.78, 5) is 23.6. The van der Waals surface area contributed by atoms with Crippen LogP contribution in [0.2, 0.25) is 0 Å². The first-order valence-corrected chi connectivity index (χ1v) is 8.09. The molecule has 4 N–H and O–H groups in total. The summed E-state index contributed by atoms with van der Waals surface area (Å²) < 4.78 is 22.3. The zero-order valence-corrected chi connectivity index (χ0v) is 13.0. The fraction of sp³-hybridized carbons (Fsp3) is 0. The number of nitriles is 1. The van der Waals surface area contributed by atoms with Crippen molar-refractivity contribution in [3.05, 3.63) is 65.2 Å². The molecule has 0 radical (unpaired) electrons. The third-order valence-corrected chi connectivity index (χ3v) is 3.94. The van der Waals surface area contributed by atoms with Crippen molar-refractivity contribution in [3.63, 3.8) is 0 Å². The number of sulfonamides is 1. The van der Waals surface area contributed by atoms with E-state index >= 15 is 0 Å². The number of primary sulfonamides is 1. The third kappa shape index (κ3) is 4.16. The minimum atomic E-state index is -3.84. The highest BCUT2D eigenvalue weighted by Crippen LogP contribution is 2.08. The van der Waals surface area contributed by atoms with E-state index in [9.17, 15) is 18.0 Å². The number of nitrogens with zero attached hydrogens (tertiary/aromatic N) is 1. The van der Waals surface area contributed by atoms with Gasteiger partial charge in [0.25, 0.3) is 11.8 Å². The monoisotopic (exact) mass is 344 g/mol. The van der Waals surface area contributed by atoms with Gasteiger partial charge in [0, 0.05) is 11.1 Å². The Morgan fingerprint density at radius 3 is 1.67 bits per heavy atom. The average Bonchev–Trinajstić information content (AvgIpc) is 2.58. The highest BCUT2D eigenvalue weighted by Gasteiger charge is 2.11. The highest BCUT2D eigenvalue weighted by atomic mass is 32.2. The van der Waals surface area contributed by atoms with Crippen LogP contribution in [0.5, 0.6) is 0 Å². The van der Waals surface area contributed by atoms with Crippen molar-refractivity contribution in [2.45, 2.75) is 4.90 Å². The molecule has 2 amide bonds. The Bertz CT molecular complexity index is 913. The first-order chi connectivity index (χ1) is 11.3. The number of carbonyl (C=O) groups excluding carboxylic acids is 2. The van der Waals surface area contributed by atoms with E-state index in [1.54, 1.807) is 0 Å². The van der Waals surface area contributed by atoms with Gasteiger partial charge in [-0.2, -0.15) is 5.26 Å². The van der Waals surface area contributed by atoms with Crippen LogP contribution < -0.4 is 16.0 Å². The van der Waals surface area contributed by atoms with Crippen molar-refractivity contribution >= 4 is 21.8 Å². The molecule has 2 aromatic carbocycles. The fourth-order valence-corrected chi connectivity index (χ4v) is 2.27. The molecule has 0 unspecified atom stereocenters. The van der Waals surface area contributed by atoms with Gasteiger partial charge < -0.3 is 0 Å². The molecule has 0 bridgehead atoms. The van der Waals surface area contributed by atoms with Crippen molar-refractivity contribution in [2.75, 3.05) is 0 Å². The number of rotatable bonds is 3. The van der Waals surface area contributed by atoms with E-state index in [4.69, 9.17) is 10.4 Å². The van der Waals surface area contributed by atoms with Crippen molar-refractivity contribution < 1.29 is 18.0 Å². The lowest BCUT2D eigenvalue weighted by atomic mass is 10.1. The number of benzene rings is 2. The van der Waals surface area contributed by atoms with Gasteiger partial charge in [-0.15, -0.1) is 0 Å². The molecule has 2 aromatic rings. The van der Waals surface area contributed by atoms with E-state index in [-0.39, 0.29) is 16.0 Å². The zero-order valence-electron chi connectivity index (χ0n) is 12.2. The maximum absolute atomic E-state index is 11.9. The SMILES string of the molecule is N#Cc1ccc(C(=O)NNC(=O)c2ccc(S(N)(=O)=O)cc2)cc1. The van der Waals surface area contributed by atoms with Crippen LogP contribution in [0.3, 0.4) is 0 Å². The summed E-state index contributed by atoms with van der Waals surface area (Å²) in [5.41, 5.74) is 5.23. The Hall–Kier alpha value is -3.22. The van der Waals surface area contributed by atoms with Crippen molar-refractivity contribution in [1.82, 2.24) is 10.9 Å². The second kappa shape index (κ2) is 6.91. The number of nitrogens with two attached hydrogens (primary N) is 1. The molecule has 0 aliphatic rings. The van der Waals surface area contributed by atoms with Crippen molar-refractivity contribution in [2.24, 2.45) is 5.14 Å². The van der Waals surface area contributed by atoms with Crippen molar-refractivity contribution in [3.8, 4) is 6.07 Å². The lowest BCUT2D eigenvalue weighted by molar-refractivity contribution is 0.0846. The van der Waals surface area contributed by atoms with Gasteiger partial charge in [0.1, 0.15) is 0 Å². The first-order valence-electron chi connectivity index (χ1n) is 6.55. The summed E-state index contributed by atoms with van der Waals surface area (Å²) in [6.45, 7) is 0. The summed E-state index contributed by atoms with van der Waals surface area (Å²) in [5.74, 6) is -1.19. The van der Waals surface area contributed by atoms with Gasteiger partial charge in [-0.1, -0.05) is 0 Å². The van der Waals surface area contributed by atoms with Gasteiger partial charge in [-0.3, -0.25) is 20.4 Å². The zero-order chi connectivity index (χ0) is 17.7. The summed E-state index contributed by atoms with van der Waals surface area (Å²) in [7, 11) is -3.84. The van der Waals surface area contributed by atoms with Gasteiger partial charge in [0.2, 0.25) is 10.0 Å². The van der Waals surface area contributed by atoms with E-state index in [1.165, 1.54) is 48.5 Å². The van der Waals surface area contributed by atoms with Crippen LogP contribution >= 0.6 is 0 Å². The largest absolute Gasteiger partial charge is 0.269 e. The molecule has 0 aromatic heterocycles. The van der Waals surface area contributed by atoms with Crippen LogP contribution in [-0.4, -0.2) is 20.2 Å². The molecule has 9 heteroatoms. The minimum Gasteiger partial charge on any atom is -0.267 e. The number of hydrazine groups is 1. The molecule has 0 aliphatic carbocycles. The molecule has 2 rings (SSSR count). The van der Waals surface area contributed by atoms with E-state index < -0.39 is 21.8 Å². The van der Waals surface area contributed by atoms with Crippen molar-refractivity contribution in [1.29, 1.82) is 5.26 Å². The first kappa shape index (κ1) is 17.1. The molecule has 0 atom stereocenters. The van der Waals surface area contributed by atoms with Gasteiger partial charge >= 0.3 is 0 Å². The molecule has 8 nitrogen and oxygen atoms in total. The summed E-state index contributed by atoms with van der Waals surface area (Å²) >= 11 is 0. The number of nitrogens with one attached hydrogen (secondary N) is 2. The number of hydrogen-bond donors (Lipinski definition) is 3. The minimum absolute atomic E-state index is 0.124. The maximum atomic E-state index is 11.9. The molecule has 0 fully saturated rings. The molecule has 0 spiro atoms. The van der Waals surface area contributed by atoms with E-state index in [1.807, 2.05) is 6.07 Å². The predicted molar refractivity (Wildman–Crippen MR) is 83.9 cm³/mol. The third-order valence-electron chi connectivity index (χ3n) is 3.01. The normalized spacial score (nSPS) is 10.5. The Morgan fingerprint density at radius 1 is 0.875 bits per heavy atom. The lowest BCUT2D eigenvalue weighted by Crippen LogP contribution is -2.41. The van der Waals surface area contributed by atoms with E-state index in [0.717, 1.165) is 0 Å². The number of carbonyl (C=O) groups is 2. The Kier molecular flexibility index (Phi) is 4.93. The number of hydrogen-bond acceptors (Lipinski definition) is 5. The van der Waals surface area contributed by atoms with Crippen LogP contribution in [0.25, 0.3) is 0 Å². The van der Waals surface area contributed by atoms with E-state index in [2.05, 4.69) is 10.9 Å². The molecule has 0 aliphatic heterocycles. The molecular weight excluding hydrogens is 332 g/mol. The van der Waals surface area contributed by atoms with E-state index in [0.29, 0.717) is 5.56 Å². The van der Waals surface area contributed by atoms with Crippen LogP contribution in [0.4, 0.5) is 0 Å². The standard InChI is InChI=1S/C15H12N4O4S/c16-9-10-1-3-11(4-2-10)14(20)18-19-15(21)12-5-7-13(8-6-12)24(17,22)23/h1-8H,(H,18,20)(H,19,21)(H2,17,22,23). The second-order valence-electron chi connectivity index (χ2n) is 4.67. The molecule has 0 saturated carbocycles. The topological polar surface area (TPSA) is 142 Å². The lowest BCUT2D eigenvalue weighted by Gasteiger charge is -2.08. The second-order valence-corrected chi connectivity index (χ2v) is 6.23. The highest BCUT2D eigenvalue weighted by molar-refractivity contribution is 7.89. The van der Waals surface area contributed by atoms with Gasteiger partial charge in [0.05, 0.1) is 16.5 Å². The van der Waals surface area contributed by atoms with Crippen LogP contribution in [-0.2, 0) is 10.0 Å². The molecule has 0 heterocycles. The van der Waals surface area contributed by atoms with Crippen LogP contribution in [0.1, 0.15) is 26.3 Å². The molecule has 0 saturated heterocycles. The van der Waals surface area contributed by atoms with Crippen LogP contribution in [0, 0.1) is 11.3 Å². The van der Waals surface area contributed by atoms with Crippen LogP contribution in [0.15, 0.2) is 53.4 Å². The Morgan fingerprint density at radius 2 is 1.29 bits per heavy atom. The summed E-state index contributed by atoms with van der Waals surface area (Å²) in [6.07, 6.45) is 0. The summed E-state index contributed by atoms with van der Waals surface area (Å²) in [6, 6.07) is 12.7.